The summed E-state index contributed by atoms with van der Waals surface area (Å²) in [6.07, 6.45) is 4.64. The minimum atomic E-state index is -0.297. The Morgan fingerprint density at radius 3 is 2.95 bits per heavy atom. The Bertz CT molecular complexity index is 673. The van der Waals surface area contributed by atoms with Crippen LogP contribution in [-0.4, -0.2) is 10.9 Å². The van der Waals surface area contributed by atoms with Gasteiger partial charge in [0.25, 0.3) is 0 Å². The summed E-state index contributed by atoms with van der Waals surface area (Å²) in [6.45, 7) is 0. The highest BCUT2D eigenvalue weighted by molar-refractivity contribution is 9.10. The highest BCUT2D eigenvalue weighted by Gasteiger charge is 2.05. The fourth-order valence-electron chi connectivity index (χ4n) is 1.52. The Morgan fingerprint density at radius 1 is 1.40 bits per heavy atom. The van der Waals surface area contributed by atoms with Crippen LogP contribution in [0, 0.1) is 0 Å². The monoisotopic (exact) mass is 351 g/mol. The average Bonchev–Trinajstić information content (AvgIpc) is 2.41. The van der Waals surface area contributed by atoms with Gasteiger partial charge in [-0.1, -0.05) is 23.7 Å². The molecule has 1 aromatic heterocycles. The lowest BCUT2D eigenvalue weighted by molar-refractivity contribution is -0.111. The van der Waals surface area contributed by atoms with Crippen LogP contribution in [0.25, 0.3) is 6.08 Å². The van der Waals surface area contributed by atoms with E-state index in [2.05, 4.69) is 26.2 Å². The van der Waals surface area contributed by atoms with Crippen LogP contribution in [0.4, 0.5) is 11.4 Å². The number of amides is 1. The van der Waals surface area contributed by atoms with Gasteiger partial charge in [-0.05, 0) is 45.8 Å². The molecule has 0 bridgehead atoms. The van der Waals surface area contributed by atoms with Crippen LogP contribution in [0.1, 0.15) is 5.56 Å². The molecule has 0 saturated carbocycles. The molecule has 0 aliphatic carbocycles. The van der Waals surface area contributed by atoms with Crippen molar-refractivity contribution >= 4 is 50.9 Å². The van der Waals surface area contributed by atoms with Crippen molar-refractivity contribution in [3.63, 3.8) is 0 Å². The molecule has 0 saturated heterocycles. The number of rotatable bonds is 3. The van der Waals surface area contributed by atoms with Crippen LogP contribution in [0.5, 0.6) is 0 Å². The molecule has 102 valence electrons. The van der Waals surface area contributed by atoms with Crippen molar-refractivity contribution in [2.75, 3.05) is 11.1 Å². The molecule has 3 N–H and O–H groups in total. The number of hydrogen-bond acceptors (Lipinski definition) is 3. The molecule has 0 aliphatic heterocycles. The Labute approximate surface area is 129 Å². The molecule has 0 aliphatic rings. The van der Waals surface area contributed by atoms with Gasteiger partial charge in [0.15, 0.2) is 5.15 Å². The molecule has 0 unspecified atom stereocenters. The van der Waals surface area contributed by atoms with Gasteiger partial charge in [-0.2, -0.15) is 0 Å². The Kier molecular flexibility index (Phi) is 4.76. The molecule has 0 atom stereocenters. The maximum Gasteiger partial charge on any atom is 0.248 e. The zero-order chi connectivity index (χ0) is 14.5. The van der Waals surface area contributed by atoms with Gasteiger partial charge < -0.3 is 11.1 Å². The summed E-state index contributed by atoms with van der Waals surface area (Å²) in [7, 11) is 0. The first kappa shape index (κ1) is 14.6. The quantitative estimate of drug-likeness (QED) is 0.502. The van der Waals surface area contributed by atoms with E-state index in [0.29, 0.717) is 11.4 Å². The second-order valence-corrected chi connectivity index (χ2v) is 5.26. The fourth-order valence-corrected chi connectivity index (χ4v) is 2.00. The molecule has 6 heteroatoms. The first-order valence-electron chi connectivity index (χ1n) is 5.70. The summed E-state index contributed by atoms with van der Waals surface area (Å²) in [5.41, 5.74) is 7.60. The average molecular weight is 353 g/mol. The molecule has 0 radical (unpaired) electrons. The minimum absolute atomic E-state index is 0.235. The third-order valence-corrected chi connectivity index (χ3v) is 3.14. The summed E-state index contributed by atoms with van der Waals surface area (Å²) in [6, 6.07) is 8.92. The number of nitrogens with zero attached hydrogens (tertiary/aromatic N) is 1. The summed E-state index contributed by atoms with van der Waals surface area (Å²) in [4.78, 5) is 15.7. The van der Waals surface area contributed by atoms with Crippen LogP contribution in [-0.2, 0) is 4.79 Å². The Hall–Kier alpha value is -1.85. The third-order valence-electron chi connectivity index (χ3n) is 2.40. The van der Waals surface area contributed by atoms with Crippen LogP contribution < -0.4 is 11.1 Å². The Morgan fingerprint density at radius 2 is 2.20 bits per heavy atom. The van der Waals surface area contributed by atoms with Gasteiger partial charge in [-0.3, -0.25) is 4.79 Å². The predicted octanol–water partition coefficient (Wildman–Crippen LogP) is 3.73. The number of aromatic nitrogens is 1. The van der Waals surface area contributed by atoms with Crippen molar-refractivity contribution in [3.05, 3.63) is 57.8 Å². The van der Waals surface area contributed by atoms with E-state index in [0.717, 1.165) is 10.0 Å². The number of benzene rings is 1. The van der Waals surface area contributed by atoms with Crippen LogP contribution in [0.3, 0.4) is 0 Å². The standard InChI is InChI=1S/C14H11BrClN3O/c15-10-7-12(14(16)18-8-10)19-13(20)5-4-9-2-1-3-11(17)6-9/h1-8H,17H2,(H,19,20)/b5-4+. The first-order chi connectivity index (χ1) is 9.54. The number of pyridine rings is 1. The number of anilines is 2. The second kappa shape index (κ2) is 6.54. The largest absolute Gasteiger partial charge is 0.399 e. The summed E-state index contributed by atoms with van der Waals surface area (Å²) in [5.74, 6) is -0.297. The molecular weight excluding hydrogens is 342 g/mol. The zero-order valence-electron chi connectivity index (χ0n) is 10.3. The van der Waals surface area contributed by atoms with Crippen molar-refractivity contribution in [2.45, 2.75) is 0 Å². The van der Waals surface area contributed by atoms with Crippen LogP contribution in [0.2, 0.25) is 5.15 Å². The van der Waals surface area contributed by atoms with Gasteiger partial charge in [0.2, 0.25) is 5.91 Å². The lowest BCUT2D eigenvalue weighted by Crippen LogP contribution is -2.08. The van der Waals surface area contributed by atoms with E-state index in [1.165, 1.54) is 6.08 Å². The number of nitrogen functional groups attached to an aromatic ring is 1. The fraction of sp³-hybridized carbons (Fsp3) is 0. The minimum Gasteiger partial charge on any atom is -0.399 e. The van der Waals surface area contributed by atoms with E-state index in [1.807, 2.05) is 12.1 Å². The highest BCUT2D eigenvalue weighted by atomic mass is 79.9. The van der Waals surface area contributed by atoms with E-state index < -0.39 is 0 Å². The number of hydrogen-bond donors (Lipinski definition) is 2. The lowest BCUT2D eigenvalue weighted by Gasteiger charge is -2.04. The lowest BCUT2D eigenvalue weighted by atomic mass is 10.2. The smallest absolute Gasteiger partial charge is 0.248 e. The molecule has 1 heterocycles. The zero-order valence-corrected chi connectivity index (χ0v) is 12.6. The molecule has 1 aromatic carbocycles. The maximum absolute atomic E-state index is 11.8. The van der Waals surface area contributed by atoms with E-state index in [9.17, 15) is 4.79 Å². The van der Waals surface area contributed by atoms with Crippen molar-refractivity contribution in [3.8, 4) is 0 Å². The molecule has 2 rings (SSSR count). The topological polar surface area (TPSA) is 68.0 Å². The van der Waals surface area contributed by atoms with E-state index in [1.54, 1.807) is 30.5 Å². The molecule has 4 nitrogen and oxygen atoms in total. The highest BCUT2D eigenvalue weighted by Crippen LogP contribution is 2.22. The van der Waals surface area contributed by atoms with E-state index >= 15 is 0 Å². The summed E-state index contributed by atoms with van der Waals surface area (Å²) in [5, 5.41) is 2.89. The van der Waals surface area contributed by atoms with E-state index in [-0.39, 0.29) is 11.1 Å². The predicted molar refractivity (Wildman–Crippen MR) is 85.5 cm³/mol. The van der Waals surface area contributed by atoms with Gasteiger partial charge in [0.05, 0.1) is 5.69 Å². The molecule has 0 spiro atoms. The summed E-state index contributed by atoms with van der Waals surface area (Å²) >= 11 is 9.16. The van der Waals surface area contributed by atoms with Crippen LogP contribution >= 0.6 is 27.5 Å². The number of carbonyl (C=O) groups is 1. The maximum atomic E-state index is 11.8. The molecule has 2 aromatic rings. The van der Waals surface area contributed by atoms with Gasteiger partial charge in [-0.25, -0.2) is 4.98 Å². The van der Waals surface area contributed by atoms with Crippen molar-refractivity contribution < 1.29 is 4.79 Å². The second-order valence-electron chi connectivity index (χ2n) is 3.98. The molecule has 0 fully saturated rings. The molecule has 20 heavy (non-hydrogen) atoms. The third kappa shape index (κ3) is 4.08. The number of carbonyl (C=O) groups excluding carboxylic acids is 1. The van der Waals surface area contributed by atoms with E-state index in [4.69, 9.17) is 17.3 Å². The van der Waals surface area contributed by atoms with Crippen LogP contribution in [0.15, 0.2) is 47.1 Å². The van der Waals surface area contributed by atoms with Crippen molar-refractivity contribution in [2.24, 2.45) is 0 Å². The van der Waals surface area contributed by atoms with Crippen molar-refractivity contribution in [1.29, 1.82) is 0 Å². The van der Waals surface area contributed by atoms with Crippen molar-refractivity contribution in [1.82, 2.24) is 4.98 Å². The SMILES string of the molecule is Nc1cccc(/C=C/C(=O)Nc2cc(Br)cnc2Cl)c1. The Balaban J connectivity index is 2.07. The first-order valence-corrected chi connectivity index (χ1v) is 6.87. The number of nitrogens with one attached hydrogen (secondary N) is 1. The summed E-state index contributed by atoms with van der Waals surface area (Å²) < 4.78 is 0.733. The van der Waals surface area contributed by atoms with Gasteiger partial charge in [-0.15, -0.1) is 0 Å². The van der Waals surface area contributed by atoms with Gasteiger partial charge >= 0.3 is 0 Å². The van der Waals surface area contributed by atoms with Gasteiger partial charge in [0, 0.05) is 22.4 Å². The number of halogens is 2. The normalized spacial score (nSPS) is 10.7. The molecule has 1 amide bonds. The van der Waals surface area contributed by atoms with Gasteiger partial charge in [0.1, 0.15) is 0 Å². The molecular formula is C14H11BrClN3O. The number of nitrogens with two attached hydrogens (primary N) is 1.